The van der Waals surface area contributed by atoms with Crippen molar-refractivity contribution in [1.29, 1.82) is 0 Å². The standard InChI is InChI=1S/C29H42O7S/c1-7-27(5)16-23(36-24(31)17-35-37(33,34)21-10-8-18(2)9-11-21)28(6)19(3)12-14-29(20(4)26(27)32)15-13-22(30)25(28)29/h8-11,19-20,23,25-26,32H,7,12-17H2,1-6H3/t19-,20+,23-,25+,26+,27-,28+,29-/m1/s1. The quantitative estimate of drug-likeness (QED) is 0.411. The first kappa shape index (κ1) is 28.2. The zero-order chi connectivity index (χ0) is 27.4. The maximum absolute atomic E-state index is 13.5. The molecule has 3 fully saturated rings. The summed E-state index contributed by atoms with van der Waals surface area (Å²) >= 11 is 0. The molecule has 7 nitrogen and oxygen atoms in total. The van der Waals surface area contributed by atoms with Crippen LogP contribution in [0.4, 0.5) is 0 Å². The first-order valence-corrected chi connectivity index (χ1v) is 15.0. The Kier molecular flexibility index (Phi) is 7.45. The second kappa shape index (κ2) is 9.76. The largest absolute Gasteiger partial charge is 0.460 e. The van der Waals surface area contributed by atoms with E-state index in [1.165, 1.54) is 12.1 Å². The van der Waals surface area contributed by atoms with Gasteiger partial charge in [0.05, 0.1) is 11.0 Å². The maximum Gasteiger partial charge on any atom is 0.333 e. The number of ketones is 1. The molecule has 37 heavy (non-hydrogen) atoms. The molecule has 0 aliphatic heterocycles. The van der Waals surface area contributed by atoms with Crippen molar-refractivity contribution in [2.45, 2.75) is 97.2 Å². The van der Waals surface area contributed by atoms with Gasteiger partial charge in [0.25, 0.3) is 10.1 Å². The molecule has 1 aromatic carbocycles. The maximum atomic E-state index is 13.5. The van der Waals surface area contributed by atoms with Gasteiger partial charge in [-0.15, -0.1) is 0 Å². The third-order valence-corrected chi connectivity index (χ3v) is 11.9. The van der Waals surface area contributed by atoms with E-state index in [9.17, 15) is 23.1 Å². The summed E-state index contributed by atoms with van der Waals surface area (Å²) in [5.74, 6) is -0.846. The summed E-state index contributed by atoms with van der Waals surface area (Å²) in [5.41, 5.74) is -0.570. The van der Waals surface area contributed by atoms with Gasteiger partial charge in [-0.05, 0) is 73.8 Å². The van der Waals surface area contributed by atoms with Gasteiger partial charge in [-0.3, -0.25) is 8.98 Å². The first-order valence-electron chi connectivity index (χ1n) is 13.6. The van der Waals surface area contributed by atoms with Crippen LogP contribution in [-0.2, 0) is 28.6 Å². The van der Waals surface area contributed by atoms with E-state index in [0.29, 0.717) is 19.3 Å². The van der Waals surface area contributed by atoms with Gasteiger partial charge in [-0.1, -0.05) is 52.3 Å². The third-order valence-electron chi connectivity index (χ3n) is 10.6. The minimum atomic E-state index is -4.13. The molecule has 1 aromatic rings. The molecule has 8 atom stereocenters. The zero-order valence-electron chi connectivity index (χ0n) is 23.0. The zero-order valence-corrected chi connectivity index (χ0v) is 23.8. The summed E-state index contributed by atoms with van der Waals surface area (Å²) in [4.78, 5) is 26.5. The summed E-state index contributed by atoms with van der Waals surface area (Å²) in [5, 5.41) is 11.6. The third kappa shape index (κ3) is 4.57. The number of aliphatic hydroxyl groups is 1. The number of aryl methyl sites for hydroxylation is 1. The molecular formula is C29H42O7S. The summed E-state index contributed by atoms with van der Waals surface area (Å²) in [6, 6.07) is 6.21. The van der Waals surface area contributed by atoms with Gasteiger partial charge in [-0.25, -0.2) is 4.79 Å². The van der Waals surface area contributed by atoms with E-state index < -0.39 is 45.7 Å². The number of aliphatic hydroxyl groups excluding tert-OH is 1. The molecule has 4 rings (SSSR count). The fraction of sp³-hybridized carbons (Fsp3) is 0.724. The highest BCUT2D eigenvalue weighted by Gasteiger charge is 2.68. The number of hydrogen-bond donors (Lipinski definition) is 1. The molecule has 0 unspecified atom stereocenters. The van der Waals surface area contributed by atoms with E-state index in [1.54, 1.807) is 12.1 Å². The highest BCUT2D eigenvalue weighted by atomic mass is 32.2. The van der Waals surface area contributed by atoms with Crippen LogP contribution in [0, 0.1) is 40.9 Å². The van der Waals surface area contributed by atoms with Gasteiger partial charge in [0.1, 0.15) is 11.9 Å². The average molecular weight is 535 g/mol. The predicted octanol–water partition coefficient (Wildman–Crippen LogP) is 4.83. The Bertz CT molecular complexity index is 1150. The van der Waals surface area contributed by atoms with E-state index >= 15 is 0 Å². The van der Waals surface area contributed by atoms with Crippen molar-refractivity contribution in [2.75, 3.05) is 6.61 Å². The van der Waals surface area contributed by atoms with Crippen molar-refractivity contribution in [3.05, 3.63) is 29.8 Å². The van der Waals surface area contributed by atoms with E-state index in [2.05, 4.69) is 20.8 Å². The van der Waals surface area contributed by atoms with Crippen LogP contribution >= 0.6 is 0 Å². The monoisotopic (exact) mass is 534 g/mol. The van der Waals surface area contributed by atoms with Crippen LogP contribution in [0.15, 0.2) is 29.2 Å². The summed E-state index contributed by atoms with van der Waals surface area (Å²) < 4.78 is 36.4. The molecule has 206 valence electrons. The van der Waals surface area contributed by atoms with E-state index in [-0.39, 0.29) is 33.8 Å². The number of benzene rings is 1. The van der Waals surface area contributed by atoms with Crippen LogP contribution in [0.5, 0.6) is 0 Å². The minimum Gasteiger partial charge on any atom is -0.460 e. The number of esters is 1. The highest BCUT2D eigenvalue weighted by molar-refractivity contribution is 7.86. The Balaban J connectivity index is 1.65. The number of carbonyl (C=O) groups excluding carboxylic acids is 2. The fourth-order valence-corrected chi connectivity index (χ4v) is 8.66. The van der Waals surface area contributed by atoms with Gasteiger partial charge >= 0.3 is 5.97 Å². The van der Waals surface area contributed by atoms with Gasteiger partial charge in [-0.2, -0.15) is 8.42 Å². The molecule has 0 saturated heterocycles. The lowest BCUT2D eigenvalue weighted by Crippen LogP contribution is -2.63. The van der Waals surface area contributed by atoms with Gasteiger partial charge < -0.3 is 9.84 Å². The van der Waals surface area contributed by atoms with Gasteiger partial charge in [0, 0.05) is 17.8 Å². The molecule has 0 aromatic heterocycles. The van der Waals surface area contributed by atoms with E-state index in [4.69, 9.17) is 8.92 Å². The van der Waals surface area contributed by atoms with Crippen LogP contribution in [0.25, 0.3) is 0 Å². The van der Waals surface area contributed by atoms with Crippen LogP contribution in [0.2, 0.25) is 0 Å². The lowest BCUT2D eigenvalue weighted by atomic mass is 9.43. The van der Waals surface area contributed by atoms with Crippen LogP contribution in [0.1, 0.15) is 78.7 Å². The molecule has 3 saturated carbocycles. The smallest absolute Gasteiger partial charge is 0.333 e. The number of Topliss-reactive ketones (excluding diaryl/α,β-unsaturated/α-hetero) is 1. The second-order valence-corrected chi connectivity index (χ2v) is 14.0. The Labute approximate surface area is 221 Å². The molecule has 1 N–H and O–H groups in total. The Morgan fingerprint density at radius 2 is 1.78 bits per heavy atom. The number of ether oxygens (including phenoxy) is 1. The topological polar surface area (TPSA) is 107 Å². The molecule has 2 bridgehead atoms. The van der Waals surface area contributed by atoms with Gasteiger partial charge in [0.15, 0.2) is 6.61 Å². The average Bonchev–Trinajstić information content (AvgIpc) is 3.21. The molecule has 0 heterocycles. The Morgan fingerprint density at radius 3 is 2.41 bits per heavy atom. The molecular weight excluding hydrogens is 492 g/mol. The van der Waals surface area contributed by atoms with Crippen molar-refractivity contribution in [2.24, 2.45) is 34.0 Å². The molecule has 8 heteroatoms. The molecule has 3 aliphatic carbocycles. The molecule has 3 aliphatic rings. The lowest BCUT2D eigenvalue weighted by Gasteiger charge is -2.62. The van der Waals surface area contributed by atoms with Crippen molar-refractivity contribution in [3.8, 4) is 0 Å². The summed E-state index contributed by atoms with van der Waals surface area (Å²) in [6.45, 7) is 11.5. The molecule has 0 amide bonds. The molecule has 0 radical (unpaired) electrons. The van der Waals surface area contributed by atoms with Gasteiger partial charge in [0.2, 0.25) is 0 Å². The van der Waals surface area contributed by atoms with Crippen molar-refractivity contribution >= 4 is 21.9 Å². The van der Waals surface area contributed by atoms with E-state index in [1.807, 2.05) is 20.8 Å². The number of carbonyl (C=O) groups is 2. The fourth-order valence-electron chi connectivity index (χ4n) is 7.80. The second-order valence-electron chi connectivity index (χ2n) is 12.4. The van der Waals surface area contributed by atoms with Crippen molar-refractivity contribution in [1.82, 2.24) is 0 Å². The van der Waals surface area contributed by atoms with Crippen LogP contribution in [-0.4, -0.2) is 44.1 Å². The van der Waals surface area contributed by atoms with E-state index in [0.717, 1.165) is 24.8 Å². The normalized spacial score (nSPS) is 40.0. The SMILES string of the molecule is CC[C@]1(C)C[C@@H](OC(=O)COS(=O)(=O)c2ccc(C)cc2)[C@]2(C)[C@H](C)CC[C@@]3(CCC(=O)[C@H]32)[C@@H](C)[C@@H]1O. The number of hydrogen-bond acceptors (Lipinski definition) is 7. The summed E-state index contributed by atoms with van der Waals surface area (Å²) in [7, 11) is -4.13. The predicted molar refractivity (Wildman–Crippen MR) is 139 cm³/mol. The van der Waals surface area contributed by atoms with Crippen molar-refractivity contribution in [3.63, 3.8) is 0 Å². The molecule has 0 spiro atoms. The van der Waals surface area contributed by atoms with Crippen molar-refractivity contribution < 1.29 is 32.0 Å². The Hall–Kier alpha value is -1.77. The summed E-state index contributed by atoms with van der Waals surface area (Å²) in [6.07, 6.45) is 2.75. The van der Waals surface area contributed by atoms with Crippen LogP contribution < -0.4 is 0 Å². The first-order chi connectivity index (χ1) is 17.2. The highest BCUT2D eigenvalue weighted by Crippen LogP contribution is 2.68. The number of rotatable bonds is 6. The lowest BCUT2D eigenvalue weighted by molar-refractivity contribution is -0.212. The van der Waals surface area contributed by atoms with Crippen LogP contribution in [0.3, 0.4) is 0 Å². The Morgan fingerprint density at radius 1 is 1.14 bits per heavy atom. The minimum absolute atomic E-state index is 0.0262.